The normalized spacial score (nSPS) is 18.6. The number of benzene rings is 2. The predicted molar refractivity (Wildman–Crippen MR) is 284 cm³/mol. The van der Waals surface area contributed by atoms with Gasteiger partial charge in [0, 0.05) is 94.1 Å². The number of urea groups is 2. The molecule has 8 rings (SSSR count). The van der Waals surface area contributed by atoms with Gasteiger partial charge in [0.1, 0.15) is 23.3 Å². The van der Waals surface area contributed by atoms with Gasteiger partial charge >= 0.3 is 18.0 Å². The molecule has 19 heteroatoms. The number of aromatic nitrogens is 4. The van der Waals surface area contributed by atoms with Gasteiger partial charge in [-0.1, -0.05) is 62.8 Å². The van der Waals surface area contributed by atoms with Gasteiger partial charge in [0.25, 0.3) is 0 Å². The van der Waals surface area contributed by atoms with Gasteiger partial charge in [0.05, 0.1) is 32.3 Å². The lowest BCUT2D eigenvalue weighted by Crippen LogP contribution is -2.60. The number of hydroxylamine groups is 2. The first kappa shape index (κ1) is 55.3. The summed E-state index contributed by atoms with van der Waals surface area (Å²) >= 11 is 0. The molecule has 2 aromatic heterocycles. The summed E-state index contributed by atoms with van der Waals surface area (Å²) in [5.41, 5.74) is 1.58. The van der Waals surface area contributed by atoms with E-state index in [2.05, 4.69) is 35.9 Å². The first-order valence-corrected chi connectivity index (χ1v) is 27.5. The Morgan fingerprint density at radius 3 is 1.61 bits per heavy atom. The van der Waals surface area contributed by atoms with Gasteiger partial charge in [-0.3, -0.25) is 14.4 Å². The van der Waals surface area contributed by atoms with Crippen molar-refractivity contribution >= 4 is 35.6 Å². The van der Waals surface area contributed by atoms with E-state index < -0.39 is 40.9 Å². The largest absolute Gasteiger partial charge is 0.497 e. The summed E-state index contributed by atoms with van der Waals surface area (Å²) < 4.78 is 10.8. The maximum atomic E-state index is 15.6. The van der Waals surface area contributed by atoms with Crippen molar-refractivity contribution < 1.29 is 43.1 Å². The van der Waals surface area contributed by atoms with Crippen LogP contribution >= 0.6 is 0 Å². The molecule has 2 aromatic carbocycles. The lowest BCUT2D eigenvalue weighted by Gasteiger charge is -2.48. The maximum absolute atomic E-state index is 15.6. The summed E-state index contributed by atoms with van der Waals surface area (Å²) in [7, 11) is 3.16. The van der Waals surface area contributed by atoms with Gasteiger partial charge in [0.2, 0.25) is 11.8 Å². The molecule has 5 N–H and O–H groups in total. The highest BCUT2D eigenvalue weighted by atomic mass is 16.7. The monoisotopic (exact) mass is 1050 g/mol. The van der Waals surface area contributed by atoms with Crippen molar-refractivity contribution in [3.05, 3.63) is 96.1 Å². The van der Waals surface area contributed by atoms with Crippen LogP contribution in [0.15, 0.2) is 73.6 Å². The van der Waals surface area contributed by atoms with Crippen molar-refractivity contribution in [2.24, 2.45) is 22.7 Å². The molecule has 2 atom stereocenters. The smallest absolute Gasteiger partial charge is 0.351 e. The molecule has 2 unspecified atom stereocenters. The maximum Gasteiger partial charge on any atom is 0.351 e. The molecule has 4 aromatic rings. The van der Waals surface area contributed by atoms with Crippen molar-refractivity contribution in [1.29, 1.82) is 0 Å². The van der Waals surface area contributed by atoms with Crippen LogP contribution < -0.4 is 25.4 Å². The first-order chi connectivity index (χ1) is 36.9. The fourth-order valence-corrected chi connectivity index (χ4v) is 12.4. The zero-order valence-corrected chi connectivity index (χ0v) is 44.6. The van der Waals surface area contributed by atoms with E-state index in [1.54, 1.807) is 68.1 Å². The van der Waals surface area contributed by atoms with Gasteiger partial charge in [-0.05, 0) is 106 Å². The van der Waals surface area contributed by atoms with E-state index in [9.17, 15) is 19.2 Å². The van der Waals surface area contributed by atoms with Crippen molar-refractivity contribution in [2.75, 3.05) is 53.5 Å². The molecule has 2 saturated heterocycles. The Bertz CT molecular complexity index is 2510. The van der Waals surface area contributed by atoms with Gasteiger partial charge in [-0.2, -0.15) is 0 Å². The van der Waals surface area contributed by atoms with Crippen LogP contribution in [-0.2, 0) is 49.7 Å². The topological polar surface area (TPSA) is 233 Å². The third kappa shape index (κ3) is 13.5. The van der Waals surface area contributed by atoms with E-state index in [1.165, 1.54) is 0 Å². The van der Waals surface area contributed by atoms with Crippen LogP contribution in [0.3, 0.4) is 0 Å². The fourth-order valence-electron chi connectivity index (χ4n) is 12.4. The molecule has 4 heterocycles. The van der Waals surface area contributed by atoms with Crippen LogP contribution in [0.4, 0.5) is 9.59 Å². The molecule has 6 amide bonds. The second-order valence-electron chi connectivity index (χ2n) is 21.4. The molecule has 2 saturated carbocycles. The van der Waals surface area contributed by atoms with Gasteiger partial charge in [-0.25, -0.2) is 24.4 Å². The van der Waals surface area contributed by atoms with E-state index >= 15 is 9.59 Å². The molecule has 2 aliphatic heterocycles. The Morgan fingerprint density at radius 2 is 1.12 bits per heavy atom. The van der Waals surface area contributed by atoms with Crippen LogP contribution in [0.25, 0.3) is 0 Å². The molecule has 0 bridgehead atoms. The summed E-state index contributed by atoms with van der Waals surface area (Å²) in [6, 6.07) is 11.2. The number of nitrogens with zero attached hydrogens (tertiary/aromatic N) is 5. The third-order valence-corrected chi connectivity index (χ3v) is 17.0. The number of carbonyl (C=O) groups is 6. The zero-order chi connectivity index (χ0) is 53.5. The number of carbonyl (C=O) groups excluding carboxylic acids is 6. The van der Waals surface area contributed by atoms with Crippen LogP contribution in [0.5, 0.6) is 11.5 Å². The number of likely N-dealkylation sites (tertiary alicyclic amines) is 2. The number of hydrogen-bond donors (Lipinski definition) is 5. The van der Waals surface area contributed by atoms with Crippen molar-refractivity contribution in [2.45, 2.75) is 135 Å². The van der Waals surface area contributed by atoms with Crippen LogP contribution in [-0.4, -0.2) is 136 Å². The highest BCUT2D eigenvalue weighted by Crippen LogP contribution is 2.49. The molecule has 4 aliphatic rings. The SMILES string of the molecule is COc1ccc(CC(NC(=O)NCCc2cnc[nH]2)C(=O)N2CCC(C(=O)ON(C(=O)NCCc3cnc[nH]3)C(Cc3ccc(OC)cc3)C(=O)N3CCC(C(C)=O)(C4CCCCC4)CC3)(C3CCCCC3)CC2)cc1. The van der Waals surface area contributed by atoms with Crippen molar-refractivity contribution in [1.82, 2.24) is 50.7 Å². The van der Waals surface area contributed by atoms with Gasteiger partial charge in [0.15, 0.2) is 6.04 Å². The number of hydrogen-bond acceptors (Lipinski definition) is 11. The number of amides is 6. The van der Waals surface area contributed by atoms with E-state index in [-0.39, 0.29) is 74.8 Å². The molecule has 0 radical (unpaired) electrons. The molecule has 410 valence electrons. The number of aromatic amines is 2. The van der Waals surface area contributed by atoms with Gasteiger partial charge < -0.3 is 50.0 Å². The Kier molecular flexibility index (Phi) is 19.1. The summed E-state index contributed by atoms with van der Waals surface area (Å²) in [4.78, 5) is 112. The Hall–Kier alpha value is -6.92. The first-order valence-electron chi connectivity index (χ1n) is 27.5. The van der Waals surface area contributed by atoms with Crippen molar-refractivity contribution in [3.63, 3.8) is 0 Å². The van der Waals surface area contributed by atoms with Crippen LogP contribution in [0.2, 0.25) is 0 Å². The van der Waals surface area contributed by atoms with E-state index in [0.29, 0.717) is 56.8 Å². The molecule has 0 spiro atoms. The number of piperidine rings is 2. The van der Waals surface area contributed by atoms with E-state index in [0.717, 1.165) is 91.8 Å². The fraction of sp³-hybridized carbons (Fsp3) is 0.579. The highest BCUT2D eigenvalue weighted by Gasteiger charge is 2.53. The minimum Gasteiger partial charge on any atom is -0.497 e. The number of H-pyrrole nitrogens is 2. The quantitative estimate of drug-likeness (QED) is 0.0572. The lowest BCUT2D eigenvalue weighted by molar-refractivity contribution is -0.207. The summed E-state index contributed by atoms with van der Waals surface area (Å²) in [6.45, 7) is 3.22. The minimum atomic E-state index is -1.27. The average Bonchev–Trinajstić information content (AvgIpc) is 4.20. The number of rotatable bonds is 20. The van der Waals surface area contributed by atoms with Crippen LogP contribution in [0, 0.1) is 22.7 Å². The third-order valence-electron chi connectivity index (χ3n) is 17.0. The average molecular weight is 1050 g/mol. The number of Topliss-reactive ketones (excluding diaryl/α,β-unsaturated/α-hetero) is 1. The number of imidazole rings is 2. The standard InChI is InChI=1S/C57H78N10O9/c1-40(68)56(43-10-6-4-7-11-43)24-30-66(31-25-56)52(70)50(35-42-16-20-48(75-3)21-17-42)67(55(73)61-29-23-46-37-59-39-63-46)76-53(71)57(44-12-8-5-9-13-44)26-32-65(33-27-57)51(69)49(34-41-14-18-47(74-2)19-15-41)64-54(72)60-28-22-45-36-58-38-62-45/h14-21,36-39,43-44,49-50H,4-13,22-35H2,1-3H3,(H,58,62)(H,59,63)(H,61,73)(H2,60,64,72). The van der Waals surface area contributed by atoms with Gasteiger partial charge in [-0.15, -0.1) is 5.06 Å². The molecule has 2 aliphatic carbocycles. The molecule has 19 nitrogen and oxygen atoms in total. The molecule has 4 fully saturated rings. The zero-order valence-electron chi connectivity index (χ0n) is 44.6. The minimum absolute atomic E-state index is 0.0269. The van der Waals surface area contributed by atoms with Crippen LogP contribution in [0.1, 0.15) is 119 Å². The Balaban J connectivity index is 1.06. The summed E-state index contributed by atoms with van der Waals surface area (Å²) in [5.74, 6) is 0.338. The second kappa shape index (κ2) is 26.2. The number of nitrogens with one attached hydrogen (secondary N) is 5. The highest BCUT2D eigenvalue weighted by molar-refractivity contribution is 5.90. The summed E-state index contributed by atoms with van der Waals surface area (Å²) in [6.07, 6.45) is 19.0. The summed E-state index contributed by atoms with van der Waals surface area (Å²) in [5, 5.41) is 9.75. The number of methoxy groups -OCH3 is 2. The Labute approximate surface area is 446 Å². The second-order valence-corrected chi connectivity index (χ2v) is 21.4. The lowest BCUT2D eigenvalue weighted by atomic mass is 9.62. The molecular formula is C57H78N10O9. The number of ether oxygens (including phenoxy) is 2. The molecule has 76 heavy (non-hydrogen) atoms. The number of ketones is 1. The van der Waals surface area contributed by atoms with E-state index in [1.807, 2.05) is 36.4 Å². The van der Waals surface area contributed by atoms with Crippen molar-refractivity contribution in [3.8, 4) is 11.5 Å². The van der Waals surface area contributed by atoms with E-state index in [4.69, 9.17) is 14.3 Å². The Morgan fingerprint density at radius 1 is 0.645 bits per heavy atom. The molecular weight excluding hydrogens is 969 g/mol. The predicted octanol–water partition coefficient (Wildman–Crippen LogP) is 6.89.